The summed E-state index contributed by atoms with van der Waals surface area (Å²) >= 11 is 0. The van der Waals surface area contributed by atoms with E-state index in [0.717, 1.165) is 6.54 Å². The van der Waals surface area contributed by atoms with Crippen molar-refractivity contribution in [3.05, 3.63) is 0 Å². The van der Waals surface area contributed by atoms with E-state index in [1.807, 2.05) is 7.05 Å². The molecule has 2 N–H and O–H groups in total. The molecule has 1 aliphatic rings. The van der Waals surface area contributed by atoms with Crippen LogP contribution in [0.1, 0.15) is 46.0 Å². The first kappa shape index (κ1) is 12.0. The molecule has 1 fully saturated rings. The molecule has 0 heterocycles. The van der Waals surface area contributed by atoms with Crippen molar-refractivity contribution in [2.45, 2.75) is 52.0 Å². The summed E-state index contributed by atoms with van der Waals surface area (Å²) in [5.41, 5.74) is 0.632. The van der Waals surface area contributed by atoms with Crippen molar-refractivity contribution in [1.29, 1.82) is 0 Å². The van der Waals surface area contributed by atoms with Crippen LogP contribution in [0.4, 0.5) is 0 Å². The summed E-state index contributed by atoms with van der Waals surface area (Å²) in [5, 5.41) is 6.87. The zero-order chi connectivity index (χ0) is 10.4. The van der Waals surface area contributed by atoms with Gasteiger partial charge in [-0.05, 0) is 38.6 Å². The third-order valence-electron chi connectivity index (χ3n) is 3.86. The Bertz CT molecular complexity index is 150. The first-order chi connectivity index (χ1) is 6.72. The minimum Gasteiger partial charge on any atom is -0.316 e. The fraction of sp³-hybridized carbons (Fsp3) is 1.00. The summed E-state index contributed by atoms with van der Waals surface area (Å²) < 4.78 is 0. The molecule has 0 saturated heterocycles. The molecule has 2 heteroatoms. The molecule has 1 saturated carbocycles. The standard InChI is InChI=1S/C12H26N2/c1-4-12(7-5-6-8-12)10-14-9-11(2)13-3/h11,13-14H,4-10H2,1-3H3. The normalized spacial score (nSPS) is 22.5. The molecule has 0 amide bonds. The molecule has 0 radical (unpaired) electrons. The highest BCUT2D eigenvalue weighted by atomic mass is 15.0. The molecular weight excluding hydrogens is 172 g/mol. The summed E-state index contributed by atoms with van der Waals surface area (Å²) in [4.78, 5) is 0. The monoisotopic (exact) mass is 198 g/mol. The highest BCUT2D eigenvalue weighted by Gasteiger charge is 2.31. The van der Waals surface area contributed by atoms with E-state index in [9.17, 15) is 0 Å². The Balaban J connectivity index is 2.21. The molecule has 1 unspecified atom stereocenters. The van der Waals surface area contributed by atoms with Crippen molar-refractivity contribution >= 4 is 0 Å². The van der Waals surface area contributed by atoms with Crippen LogP contribution in [0.3, 0.4) is 0 Å². The Kier molecular flexibility index (Phi) is 4.90. The molecule has 1 atom stereocenters. The van der Waals surface area contributed by atoms with Gasteiger partial charge in [0.25, 0.3) is 0 Å². The molecule has 84 valence electrons. The van der Waals surface area contributed by atoms with Crippen LogP contribution in [0.15, 0.2) is 0 Å². The van der Waals surface area contributed by atoms with Gasteiger partial charge in [0.05, 0.1) is 0 Å². The van der Waals surface area contributed by atoms with Crippen molar-refractivity contribution in [2.75, 3.05) is 20.1 Å². The predicted molar refractivity (Wildman–Crippen MR) is 62.6 cm³/mol. The third kappa shape index (κ3) is 3.25. The second-order valence-electron chi connectivity index (χ2n) is 4.88. The van der Waals surface area contributed by atoms with E-state index >= 15 is 0 Å². The van der Waals surface area contributed by atoms with Crippen molar-refractivity contribution in [3.63, 3.8) is 0 Å². The highest BCUT2D eigenvalue weighted by Crippen LogP contribution is 2.40. The fourth-order valence-electron chi connectivity index (χ4n) is 2.44. The first-order valence-electron chi connectivity index (χ1n) is 6.10. The lowest BCUT2D eigenvalue weighted by molar-refractivity contribution is 0.266. The second kappa shape index (κ2) is 5.72. The summed E-state index contributed by atoms with van der Waals surface area (Å²) in [7, 11) is 2.03. The van der Waals surface area contributed by atoms with Crippen LogP contribution in [0.2, 0.25) is 0 Å². The summed E-state index contributed by atoms with van der Waals surface area (Å²) in [6.45, 7) is 6.88. The topological polar surface area (TPSA) is 24.1 Å². The molecule has 1 aliphatic carbocycles. The quantitative estimate of drug-likeness (QED) is 0.683. The lowest BCUT2D eigenvalue weighted by Gasteiger charge is -2.28. The van der Waals surface area contributed by atoms with E-state index in [0.29, 0.717) is 11.5 Å². The number of hydrogen-bond acceptors (Lipinski definition) is 2. The molecule has 0 bridgehead atoms. The van der Waals surface area contributed by atoms with Crippen LogP contribution in [0.5, 0.6) is 0 Å². The third-order valence-corrected chi connectivity index (χ3v) is 3.86. The van der Waals surface area contributed by atoms with E-state index in [2.05, 4.69) is 24.5 Å². The summed E-state index contributed by atoms with van der Waals surface area (Å²) in [5.74, 6) is 0. The Labute approximate surface area is 88.8 Å². The maximum atomic E-state index is 3.61. The van der Waals surface area contributed by atoms with Crippen LogP contribution in [0.25, 0.3) is 0 Å². The maximum absolute atomic E-state index is 3.61. The van der Waals surface area contributed by atoms with E-state index < -0.39 is 0 Å². The van der Waals surface area contributed by atoms with E-state index in [-0.39, 0.29) is 0 Å². The Morgan fingerprint density at radius 2 is 1.93 bits per heavy atom. The fourth-order valence-corrected chi connectivity index (χ4v) is 2.44. The van der Waals surface area contributed by atoms with Crippen molar-refractivity contribution in [3.8, 4) is 0 Å². The SMILES string of the molecule is CCC1(CNCC(C)NC)CCCC1. The zero-order valence-electron chi connectivity index (χ0n) is 10.0. The predicted octanol–water partition coefficient (Wildman–Crippen LogP) is 2.15. The maximum Gasteiger partial charge on any atom is 0.0161 e. The molecule has 1 rings (SSSR count). The zero-order valence-corrected chi connectivity index (χ0v) is 10.0. The van der Waals surface area contributed by atoms with Gasteiger partial charge in [0.15, 0.2) is 0 Å². The number of rotatable bonds is 6. The van der Waals surface area contributed by atoms with E-state index in [4.69, 9.17) is 0 Å². The molecule has 14 heavy (non-hydrogen) atoms. The van der Waals surface area contributed by atoms with Gasteiger partial charge in [-0.25, -0.2) is 0 Å². The van der Waals surface area contributed by atoms with E-state index in [1.54, 1.807) is 0 Å². The number of hydrogen-bond donors (Lipinski definition) is 2. The average molecular weight is 198 g/mol. The van der Waals surface area contributed by atoms with Gasteiger partial charge >= 0.3 is 0 Å². The Morgan fingerprint density at radius 3 is 2.43 bits per heavy atom. The Morgan fingerprint density at radius 1 is 1.29 bits per heavy atom. The minimum atomic E-state index is 0.588. The smallest absolute Gasteiger partial charge is 0.0161 e. The van der Waals surface area contributed by atoms with Gasteiger partial charge in [-0.3, -0.25) is 0 Å². The van der Waals surface area contributed by atoms with Crippen molar-refractivity contribution < 1.29 is 0 Å². The number of nitrogens with one attached hydrogen (secondary N) is 2. The van der Waals surface area contributed by atoms with Crippen LogP contribution in [-0.2, 0) is 0 Å². The molecule has 0 aromatic rings. The Hall–Kier alpha value is -0.0800. The van der Waals surface area contributed by atoms with Crippen LogP contribution >= 0.6 is 0 Å². The molecule has 2 nitrogen and oxygen atoms in total. The van der Waals surface area contributed by atoms with Crippen LogP contribution in [0, 0.1) is 5.41 Å². The van der Waals surface area contributed by atoms with Gasteiger partial charge in [-0.15, -0.1) is 0 Å². The average Bonchev–Trinajstić information content (AvgIpc) is 2.67. The van der Waals surface area contributed by atoms with Gasteiger partial charge in [0, 0.05) is 19.1 Å². The van der Waals surface area contributed by atoms with Crippen molar-refractivity contribution in [1.82, 2.24) is 10.6 Å². The first-order valence-corrected chi connectivity index (χ1v) is 6.10. The van der Waals surface area contributed by atoms with Crippen molar-refractivity contribution in [2.24, 2.45) is 5.41 Å². The number of likely N-dealkylation sites (N-methyl/N-ethyl adjacent to an activating group) is 1. The van der Waals surface area contributed by atoms with Crippen LogP contribution in [-0.4, -0.2) is 26.2 Å². The lowest BCUT2D eigenvalue weighted by Crippen LogP contribution is -2.39. The van der Waals surface area contributed by atoms with Gasteiger partial charge in [0.1, 0.15) is 0 Å². The molecule has 0 aromatic carbocycles. The van der Waals surface area contributed by atoms with Gasteiger partial charge in [0.2, 0.25) is 0 Å². The molecule has 0 aromatic heterocycles. The lowest BCUT2D eigenvalue weighted by atomic mass is 9.83. The molecule has 0 spiro atoms. The van der Waals surface area contributed by atoms with Gasteiger partial charge < -0.3 is 10.6 Å². The molecular formula is C12H26N2. The van der Waals surface area contributed by atoms with Gasteiger partial charge in [-0.1, -0.05) is 19.8 Å². The summed E-state index contributed by atoms with van der Waals surface area (Å²) in [6, 6.07) is 0.588. The van der Waals surface area contributed by atoms with E-state index in [1.165, 1.54) is 38.6 Å². The highest BCUT2D eigenvalue weighted by molar-refractivity contribution is 4.85. The summed E-state index contributed by atoms with van der Waals surface area (Å²) in [6.07, 6.45) is 7.09. The van der Waals surface area contributed by atoms with Crippen LogP contribution < -0.4 is 10.6 Å². The largest absolute Gasteiger partial charge is 0.316 e. The molecule has 0 aliphatic heterocycles. The second-order valence-corrected chi connectivity index (χ2v) is 4.88. The minimum absolute atomic E-state index is 0.588. The van der Waals surface area contributed by atoms with Gasteiger partial charge in [-0.2, -0.15) is 0 Å².